The van der Waals surface area contributed by atoms with Crippen molar-refractivity contribution in [2.24, 2.45) is 0 Å². The van der Waals surface area contributed by atoms with Crippen molar-refractivity contribution in [2.45, 2.75) is 13.1 Å². The molecule has 1 aromatic carbocycles. The number of halogens is 1. The third-order valence-electron chi connectivity index (χ3n) is 2.81. The van der Waals surface area contributed by atoms with Gasteiger partial charge in [-0.2, -0.15) is 0 Å². The molecular weight excluding hydrogens is 231 g/mol. The molecule has 0 atom stereocenters. The summed E-state index contributed by atoms with van der Waals surface area (Å²) in [6.45, 7) is 1.34. The summed E-state index contributed by atoms with van der Waals surface area (Å²) >= 11 is 0. The molecule has 2 aromatic rings. The lowest BCUT2D eigenvalue weighted by molar-refractivity contribution is 0.410. The number of methoxy groups -OCH3 is 1. The highest BCUT2D eigenvalue weighted by Crippen LogP contribution is 2.17. The molecule has 0 unspecified atom stereocenters. The smallest absolute Gasteiger partial charge is 0.131 e. The lowest BCUT2D eigenvalue weighted by Gasteiger charge is -2.06. The summed E-state index contributed by atoms with van der Waals surface area (Å²) < 4.78 is 20.7. The Hall–Kier alpha value is -1.81. The molecule has 0 saturated carbocycles. The highest BCUT2D eigenvalue weighted by Gasteiger charge is 2.05. The molecule has 3 nitrogen and oxygen atoms in total. The minimum atomic E-state index is -0.238. The van der Waals surface area contributed by atoms with Crippen LogP contribution in [-0.2, 0) is 13.1 Å². The molecule has 1 heterocycles. The first-order chi connectivity index (χ1) is 8.72. The second kappa shape index (κ2) is 5.69. The first-order valence-corrected chi connectivity index (χ1v) is 5.84. The molecule has 0 radical (unpaired) electrons. The Balaban J connectivity index is 2.12. The van der Waals surface area contributed by atoms with E-state index >= 15 is 0 Å². The minimum absolute atomic E-state index is 0.238. The number of nitrogens with zero attached hydrogens (tertiary/aromatic N) is 1. The van der Waals surface area contributed by atoms with E-state index in [1.54, 1.807) is 12.1 Å². The molecule has 1 N–H and O–H groups in total. The van der Waals surface area contributed by atoms with Gasteiger partial charge in [0.2, 0.25) is 0 Å². The Bertz CT molecular complexity index is 522. The highest BCUT2D eigenvalue weighted by atomic mass is 19.1. The van der Waals surface area contributed by atoms with Crippen molar-refractivity contribution < 1.29 is 9.13 Å². The fourth-order valence-electron chi connectivity index (χ4n) is 1.88. The number of ether oxygens (including phenoxy) is 1. The maximum absolute atomic E-state index is 13.8. The second-order valence-corrected chi connectivity index (χ2v) is 4.18. The Labute approximate surface area is 106 Å². The summed E-state index contributed by atoms with van der Waals surface area (Å²) in [5.74, 6) is 0.304. The van der Waals surface area contributed by atoms with E-state index in [1.807, 2.05) is 30.1 Å². The fraction of sp³-hybridized carbons (Fsp3) is 0.286. The summed E-state index contributed by atoms with van der Waals surface area (Å²) in [7, 11) is 3.44. The van der Waals surface area contributed by atoms with E-state index in [4.69, 9.17) is 4.74 Å². The summed E-state index contributed by atoms with van der Waals surface area (Å²) in [5, 5.41) is 3.08. The number of hydrogen-bond donors (Lipinski definition) is 1. The highest BCUT2D eigenvalue weighted by molar-refractivity contribution is 5.29. The number of aromatic nitrogens is 1. The summed E-state index contributed by atoms with van der Waals surface area (Å²) in [4.78, 5) is 0. The van der Waals surface area contributed by atoms with E-state index in [0.717, 1.165) is 6.54 Å². The Kier molecular flexibility index (Phi) is 3.99. The maximum atomic E-state index is 13.8. The molecule has 1 aromatic heterocycles. The lowest BCUT2D eigenvalue weighted by atomic mass is 10.2. The van der Waals surface area contributed by atoms with Gasteiger partial charge in [0.1, 0.15) is 11.6 Å². The van der Waals surface area contributed by atoms with Crippen LogP contribution in [0.5, 0.6) is 5.75 Å². The molecule has 96 valence electrons. The van der Waals surface area contributed by atoms with Gasteiger partial charge in [-0.1, -0.05) is 6.07 Å². The van der Waals surface area contributed by atoms with Crippen LogP contribution >= 0.6 is 0 Å². The van der Waals surface area contributed by atoms with E-state index < -0.39 is 0 Å². The SMILES string of the molecule is CNCc1ccn(Cc2ccc(OC)cc2F)c1. The fourth-order valence-corrected chi connectivity index (χ4v) is 1.88. The van der Waals surface area contributed by atoms with Crippen molar-refractivity contribution in [3.63, 3.8) is 0 Å². The van der Waals surface area contributed by atoms with Crippen LogP contribution in [0.2, 0.25) is 0 Å². The topological polar surface area (TPSA) is 26.2 Å². The van der Waals surface area contributed by atoms with Crippen molar-refractivity contribution in [3.8, 4) is 5.75 Å². The van der Waals surface area contributed by atoms with Crippen LogP contribution < -0.4 is 10.1 Å². The quantitative estimate of drug-likeness (QED) is 0.879. The average Bonchev–Trinajstić information content (AvgIpc) is 2.80. The molecule has 0 aliphatic rings. The maximum Gasteiger partial charge on any atom is 0.131 e. The van der Waals surface area contributed by atoms with Gasteiger partial charge in [0.15, 0.2) is 0 Å². The molecule has 0 saturated heterocycles. The van der Waals surface area contributed by atoms with Gasteiger partial charge in [-0.3, -0.25) is 0 Å². The third-order valence-corrected chi connectivity index (χ3v) is 2.81. The number of nitrogens with one attached hydrogen (secondary N) is 1. The van der Waals surface area contributed by atoms with Gasteiger partial charge in [0.25, 0.3) is 0 Å². The Morgan fingerprint density at radius 1 is 1.33 bits per heavy atom. The van der Waals surface area contributed by atoms with Gasteiger partial charge in [-0.15, -0.1) is 0 Å². The summed E-state index contributed by atoms with van der Waals surface area (Å²) in [6, 6.07) is 6.97. The molecule has 0 bridgehead atoms. The predicted octanol–water partition coefficient (Wildman–Crippen LogP) is 2.40. The van der Waals surface area contributed by atoms with Crippen LogP contribution in [0.1, 0.15) is 11.1 Å². The monoisotopic (exact) mass is 248 g/mol. The van der Waals surface area contributed by atoms with Crippen LogP contribution in [0.15, 0.2) is 36.7 Å². The molecule has 0 amide bonds. The number of rotatable bonds is 5. The molecule has 18 heavy (non-hydrogen) atoms. The lowest BCUT2D eigenvalue weighted by Crippen LogP contribution is -2.04. The van der Waals surface area contributed by atoms with Crippen molar-refractivity contribution >= 4 is 0 Å². The standard InChI is InChI=1S/C14H17FN2O/c1-16-8-11-5-6-17(9-11)10-12-3-4-13(18-2)7-14(12)15/h3-7,9,16H,8,10H2,1-2H3. The summed E-state index contributed by atoms with van der Waals surface area (Å²) in [5.41, 5.74) is 1.84. The van der Waals surface area contributed by atoms with Crippen molar-refractivity contribution in [1.82, 2.24) is 9.88 Å². The largest absolute Gasteiger partial charge is 0.497 e. The zero-order valence-corrected chi connectivity index (χ0v) is 10.6. The van der Waals surface area contributed by atoms with E-state index in [-0.39, 0.29) is 5.82 Å². The molecular formula is C14H17FN2O. The number of hydrogen-bond acceptors (Lipinski definition) is 2. The van der Waals surface area contributed by atoms with Gasteiger partial charge in [0, 0.05) is 37.1 Å². The Morgan fingerprint density at radius 3 is 2.83 bits per heavy atom. The third kappa shape index (κ3) is 2.90. The van der Waals surface area contributed by atoms with E-state index in [0.29, 0.717) is 17.9 Å². The molecule has 0 fully saturated rings. The molecule has 0 spiro atoms. The van der Waals surface area contributed by atoms with Crippen LogP contribution in [-0.4, -0.2) is 18.7 Å². The average molecular weight is 248 g/mol. The minimum Gasteiger partial charge on any atom is -0.497 e. The van der Waals surface area contributed by atoms with Crippen molar-refractivity contribution in [2.75, 3.05) is 14.2 Å². The van der Waals surface area contributed by atoms with Crippen LogP contribution in [0.4, 0.5) is 4.39 Å². The predicted molar refractivity (Wildman–Crippen MR) is 69.2 cm³/mol. The molecule has 0 aliphatic carbocycles. The van der Waals surface area contributed by atoms with Crippen LogP contribution in [0, 0.1) is 5.82 Å². The molecule has 2 rings (SSSR count). The first-order valence-electron chi connectivity index (χ1n) is 5.84. The second-order valence-electron chi connectivity index (χ2n) is 4.18. The van der Waals surface area contributed by atoms with Gasteiger partial charge in [0.05, 0.1) is 7.11 Å². The summed E-state index contributed by atoms with van der Waals surface area (Å²) in [6.07, 6.45) is 3.97. The van der Waals surface area contributed by atoms with Gasteiger partial charge >= 0.3 is 0 Å². The van der Waals surface area contributed by atoms with E-state index in [9.17, 15) is 4.39 Å². The molecule has 0 aliphatic heterocycles. The van der Waals surface area contributed by atoms with Crippen molar-refractivity contribution in [1.29, 1.82) is 0 Å². The van der Waals surface area contributed by atoms with Gasteiger partial charge < -0.3 is 14.6 Å². The van der Waals surface area contributed by atoms with Crippen molar-refractivity contribution in [3.05, 3.63) is 53.6 Å². The normalized spacial score (nSPS) is 10.6. The van der Waals surface area contributed by atoms with E-state index in [2.05, 4.69) is 5.32 Å². The molecule has 4 heteroatoms. The van der Waals surface area contributed by atoms with Crippen LogP contribution in [0.25, 0.3) is 0 Å². The van der Waals surface area contributed by atoms with Gasteiger partial charge in [-0.25, -0.2) is 4.39 Å². The van der Waals surface area contributed by atoms with E-state index in [1.165, 1.54) is 18.7 Å². The van der Waals surface area contributed by atoms with Gasteiger partial charge in [-0.05, 0) is 24.7 Å². The Morgan fingerprint density at radius 2 is 2.17 bits per heavy atom. The van der Waals surface area contributed by atoms with Crippen LogP contribution in [0.3, 0.4) is 0 Å². The first kappa shape index (κ1) is 12.6. The zero-order chi connectivity index (χ0) is 13.0. The number of benzene rings is 1. The zero-order valence-electron chi connectivity index (χ0n) is 10.6.